The van der Waals surface area contributed by atoms with Gasteiger partial charge < -0.3 is 10.0 Å². The Morgan fingerprint density at radius 2 is 2.12 bits per heavy atom. The van der Waals surface area contributed by atoms with Crippen LogP contribution >= 0.6 is 0 Å². The molecule has 0 amide bonds. The lowest BCUT2D eigenvalue weighted by Gasteiger charge is -2.22. The SMILES string of the molecule is CCN(CCCO)c1cc(C(F)(F)F)ccn1. The summed E-state index contributed by atoms with van der Waals surface area (Å²) in [5.41, 5.74) is -0.704. The maximum atomic E-state index is 12.5. The molecule has 0 fully saturated rings. The molecule has 0 saturated carbocycles. The van der Waals surface area contributed by atoms with E-state index in [0.717, 1.165) is 18.3 Å². The Balaban J connectivity index is 2.89. The zero-order valence-electron chi connectivity index (χ0n) is 9.54. The highest BCUT2D eigenvalue weighted by molar-refractivity contribution is 5.41. The van der Waals surface area contributed by atoms with E-state index in [2.05, 4.69) is 4.98 Å². The standard InChI is InChI=1S/C11H15F3N2O/c1-2-16(6-3-7-17)10-8-9(4-5-15-10)11(12,13)14/h4-5,8,17H,2-3,6-7H2,1H3. The number of nitrogens with zero attached hydrogens (tertiary/aromatic N) is 2. The molecule has 0 bridgehead atoms. The van der Waals surface area contributed by atoms with Crippen molar-refractivity contribution in [3.05, 3.63) is 23.9 Å². The van der Waals surface area contributed by atoms with Gasteiger partial charge in [0, 0.05) is 25.9 Å². The van der Waals surface area contributed by atoms with Gasteiger partial charge in [0.15, 0.2) is 0 Å². The Hall–Kier alpha value is -1.30. The molecule has 1 N–H and O–H groups in total. The van der Waals surface area contributed by atoms with E-state index in [1.165, 1.54) is 0 Å². The molecule has 96 valence electrons. The van der Waals surface area contributed by atoms with E-state index in [1.54, 1.807) is 4.90 Å². The quantitative estimate of drug-likeness (QED) is 0.868. The zero-order chi connectivity index (χ0) is 12.9. The van der Waals surface area contributed by atoms with Gasteiger partial charge in [-0.3, -0.25) is 0 Å². The molecule has 0 aliphatic rings. The van der Waals surface area contributed by atoms with Gasteiger partial charge in [-0.2, -0.15) is 13.2 Å². The summed E-state index contributed by atoms with van der Waals surface area (Å²) in [5.74, 6) is 0.288. The molecule has 0 aliphatic carbocycles. The number of aliphatic hydroxyl groups excluding tert-OH is 1. The molecule has 0 unspecified atom stereocenters. The second kappa shape index (κ2) is 5.86. The van der Waals surface area contributed by atoms with Gasteiger partial charge in [0.1, 0.15) is 5.82 Å². The molecule has 1 aromatic heterocycles. The predicted molar refractivity (Wildman–Crippen MR) is 58.8 cm³/mol. The molecule has 0 spiro atoms. The first-order chi connectivity index (χ1) is 7.99. The maximum absolute atomic E-state index is 12.5. The average Bonchev–Trinajstić information content (AvgIpc) is 2.29. The minimum absolute atomic E-state index is 0.00939. The molecule has 1 heterocycles. The second-order valence-electron chi connectivity index (χ2n) is 3.56. The summed E-state index contributed by atoms with van der Waals surface area (Å²) in [4.78, 5) is 5.62. The fraction of sp³-hybridized carbons (Fsp3) is 0.545. The molecule has 0 aliphatic heterocycles. The maximum Gasteiger partial charge on any atom is 0.416 e. The van der Waals surface area contributed by atoms with Crippen LogP contribution in [-0.4, -0.2) is 29.8 Å². The number of pyridine rings is 1. The van der Waals surface area contributed by atoms with Crippen molar-refractivity contribution in [3.63, 3.8) is 0 Å². The summed E-state index contributed by atoms with van der Waals surface area (Å²) in [5, 5.41) is 8.71. The van der Waals surface area contributed by atoms with Crippen molar-refractivity contribution >= 4 is 5.82 Å². The topological polar surface area (TPSA) is 36.4 Å². The van der Waals surface area contributed by atoms with Crippen molar-refractivity contribution in [3.8, 4) is 0 Å². The normalized spacial score (nSPS) is 11.6. The van der Waals surface area contributed by atoms with Gasteiger partial charge in [-0.25, -0.2) is 4.98 Å². The molecule has 6 heteroatoms. The highest BCUT2D eigenvalue weighted by Gasteiger charge is 2.31. The van der Waals surface area contributed by atoms with E-state index < -0.39 is 11.7 Å². The van der Waals surface area contributed by atoms with Gasteiger partial charge >= 0.3 is 6.18 Å². The van der Waals surface area contributed by atoms with Gasteiger partial charge in [-0.15, -0.1) is 0 Å². The Kier molecular flexibility index (Phi) is 4.74. The summed E-state index contributed by atoms with van der Waals surface area (Å²) < 4.78 is 37.5. The van der Waals surface area contributed by atoms with Crippen molar-refractivity contribution in [2.45, 2.75) is 19.5 Å². The number of aliphatic hydroxyl groups is 1. The third kappa shape index (κ3) is 3.89. The van der Waals surface area contributed by atoms with Crippen LogP contribution in [0.15, 0.2) is 18.3 Å². The van der Waals surface area contributed by atoms with E-state index >= 15 is 0 Å². The number of halogens is 3. The number of alkyl halides is 3. The Bertz CT molecular complexity index is 355. The van der Waals surface area contributed by atoms with Gasteiger partial charge in [-0.05, 0) is 25.5 Å². The lowest BCUT2D eigenvalue weighted by Crippen LogP contribution is -2.26. The van der Waals surface area contributed by atoms with Crippen LogP contribution in [-0.2, 0) is 6.18 Å². The number of anilines is 1. The predicted octanol–water partition coefficient (Wildman–Crippen LogP) is 2.31. The van der Waals surface area contributed by atoms with Gasteiger partial charge in [0.25, 0.3) is 0 Å². The third-order valence-electron chi connectivity index (χ3n) is 2.36. The molecule has 0 aromatic carbocycles. The zero-order valence-corrected chi connectivity index (χ0v) is 9.54. The van der Waals surface area contributed by atoms with E-state index in [9.17, 15) is 13.2 Å². The first-order valence-corrected chi connectivity index (χ1v) is 5.38. The number of aromatic nitrogens is 1. The summed E-state index contributed by atoms with van der Waals surface area (Å²) in [7, 11) is 0. The smallest absolute Gasteiger partial charge is 0.396 e. The highest BCUT2D eigenvalue weighted by atomic mass is 19.4. The number of hydrogen-bond acceptors (Lipinski definition) is 3. The fourth-order valence-corrected chi connectivity index (χ4v) is 1.46. The summed E-state index contributed by atoms with van der Waals surface area (Å²) in [6.07, 6.45) is -2.69. The lowest BCUT2D eigenvalue weighted by molar-refractivity contribution is -0.137. The average molecular weight is 248 g/mol. The molecular weight excluding hydrogens is 233 g/mol. The summed E-state index contributed by atoms with van der Waals surface area (Å²) in [6.45, 7) is 2.88. The van der Waals surface area contributed by atoms with Crippen molar-refractivity contribution in [1.29, 1.82) is 0 Å². The van der Waals surface area contributed by atoms with Crippen LogP contribution in [0.2, 0.25) is 0 Å². The van der Waals surface area contributed by atoms with Crippen LogP contribution in [0, 0.1) is 0 Å². The van der Waals surface area contributed by atoms with Crippen LogP contribution in [0.4, 0.5) is 19.0 Å². The lowest BCUT2D eigenvalue weighted by atomic mass is 10.2. The van der Waals surface area contributed by atoms with Crippen LogP contribution in [0.1, 0.15) is 18.9 Å². The minimum atomic E-state index is -4.35. The van der Waals surface area contributed by atoms with Crippen LogP contribution in [0.3, 0.4) is 0 Å². The number of hydrogen-bond donors (Lipinski definition) is 1. The monoisotopic (exact) mass is 248 g/mol. The van der Waals surface area contributed by atoms with E-state index in [0.29, 0.717) is 19.5 Å². The van der Waals surface area contributed by atoms with Crippen LogP contribution in [0.25, 0.3) is 0 Å². The Morgan fingerprint density at radius 1 is 1.41 bits per heavy atom. The molecule has 0 atom stereocenters. The van der Waals surface area contributed by atoms with Gasteiger partial charge in [-0.1, -0.05) is 0 Å². The molecule has 0 radical (unpaired) electrons. The van der Waals surface area contributed by atoms with Crippen molar-refractivity contribution in [1.82, 2.24) is 4.98 Å². The van der Waals surface area contributed by atoms with Crippen molar-refractivity contribution in [2.75, 3.05) is 24.6 Å². The van der Waals surface area contributed by atoms with E-state index in [4.69, 9.17) is 5.11 Å². The fourth-order valence-electron chi connectivity index (χ4n) is 1.46. The minimum Gasteiger partial charge on any atom is -0.396 e. The first kappa shape index (κ1) is 13.8. The Labute approximate surface area is 97.9 Å². The third-order valence-corrected chi connectivity index (χ3v) is 2.36. The molecular formula is C11H15F3N2O. The van der Waals surface area contributed by atoms with Gasteiger partial charge in [0.05, 0.1) is 5.56 Å². The van der Waals surface area contributed by atoms with E-state index in [1.807, 2.05) is 6.92 Å². The number of rotatable bonds is 5. The van der Waals surface area contributed by atoms with Crippen molar-refractivity contribution in [2.24, 2.45) is 0 Å². The molecule has 1 aromatic rings. The Morgan fingerprint density at radius 3 is 2.65 bits per heavy atom. The summed E-state index contributed by atoms with van der Waals surface area (Å²) >= 11 is 0. The summed E-state index contributed by atoms with van der Waals surface area (Å²) in [6, 6.07) is 1.98. The molecule has 0 saturated heterocycles. The van der Waals surface area contributed by atoms with Crippen molar-refractivity contribution < 1.29 is 18.3 Å². The molecule has 3 nitrogen and oxygen atoms in total. The highest BCUT2D eigenvalue weighted by Crippen LogP contribution is 2.30. The largest absolute Gasteiger partial charge is 0.416 e. The second-order valence-corrected chi connectivity index (χ2v) is 3.56. The van der Waals surface area contributed by atoms with Crippen LogP contribution < -0.4 is 4.90 Å². The first-order valence-electron chi connectivity index (χ1n) is 5.38. The van der Waals surface area contributed by atoms with E-state index in [-0.39, 0.29) is 12.4 Å². The van der Waals surface area contributed by atoms with Crippen LogP contribution in [0.5, 0.6) is 0 Å². The molecule has 17 heavy (non-hydrogen) atoms. The molecule has 1 rings (SSSR count). The van der Waals surface area contributed by atoms with Gasteiger partial charge in [0.2, 0.25) is 0 Å².